The van der Waals surface area contributed by atoms with E-state index >= 15 is 0 Å². The van der Waals surface area contributed by atoms with Crippen LogP contribution in [0.15, 0.2) is 0 Å². The predicted octanol–water partition coefficient (Wildman–Crippen LogP) is 2.14. The van der Waals surface area contributed by atoms with Crippen LogP contribution in [-0.2, 0) is 19.0 Å². The molecule has 120 valence electrons. The Labute approximate surface area is 123 Å². The van der Waals surface area contributed by atoms with Crippen LogP contribution in [-0.4, -0.2) is 50.1 Å². The highest BCUT2D eigenvalue weighted by Crippen LogP contribution is 2.16. The van der Waals surface area contributed by atoms with Crippen molar-refractivity contribution in [1.82, 2.24) is 5.32 Å². The molecule has 0 bridgehead atoms. The van der Waals surface area contributed by atoms with Gasteiger partial charge in [-0.25, -0.2) is 0 Å². The lowest BCUT2D eigenvalue weighted by molar-refractivity contribution is -0.152. The maximum absolute atomic E-state index is 11.9. The van der Waals surface area contributed by atoms with Crippen LogP contribution < -0.4 is 5.32 Å². The van der Waals surface area contributed by atoms with Gasteiger partial charge in [-0.05, 0) is 48.6 Å². The summed E-state index contributed by atoms with van der Waals surface area (Å²) in [7, 11) is 1.76. The van der Waals surface area contributed by atoms with Gasteiger partial charge >= 0.3 is 5.97 Å². The molecular formula is C15H31NO4. The van der Waals surface area contributed by atoms with E-state index in [1.807, 2.05) is 34.6 Å². The number of likely N-dealkylation sites (N-methyl/N-ethyl adjacent to an activating group) is 1. The standard InChI is InChI=1S/C15H31NO4/c1-8-18-13(17)15(6,16-7)11-12(2)19-9-10-20-14(3,4)5/h12,16H,8-11H2,1-7H3. The fourth-order valence-electron chi connectivity index (χ4n) is 1.81. The van der Waals surface area contributed by atoms with Crippen molar-refractivity contribution >= 4 is 5.97 Å². The molecule has 2 unspecified atom stereocenters. The van der Waals surface area contributed by atoms with Gasteiger partial charge in [-0.1, -0.05) is 0 Å². The molecule has 0 saturated carbocycles. The first kappa shape index (κ1) is 19.4. The van der Waals surface area contributed by atoms with Crippen molar-refractivity contribution in [2.75, 3.05) is 26.9 Å². The monoisotopic (exact) mass is 289 g/mol. The van der Waals surface area contributed by atoms with E-state index in [0.717, 1.165) is 0 Å². The number of nitrogens with one attached hydrogen (secondary N) is 1. The minimum atomic E-state index is -0.722. The highest BCUT2D eigenvalue weighted by atomic mass is 16.5. The van der Waals surface area contributed by atoms with Gasteiger partial charge in [-0.3, -0.25) is 4.79 Å². The fraction of sp³-hybridized carbons (Fsp3) is 0.933. The summed E-state index contributed by atoms with van der Waals surface area (Å²) in [4.78, 5) is 11.9. The Morgan fingerprint density at radius 1 is 1.20 bits per heavy atom. The third-order valence-corrected chi connectivity index (χ3v) is 2.99. The molecule has 0 heterocycles. The summed E-state index contributed by atoms with van der Waals surface area (Å²) in [5, 5.41) is 3.02. The summed E-state index contributed by atoms with van der Waals surface area (Å²) in [5.41, 5.74) is -0.878. The number of carbonyl (C=O) groups is 1. The molecule has 5 heteroatoms. The van der Waals surface area contributed by atoms with E-state index in [4.69, 9.17) is 14.2 Å². The van der Waals surface area contributed by atoms with E-state index in [-0.39, 0.29) is 17.7 Å². The van der Waals surface area contributed by atoms with E-state index in [1.165, 1.54) is 0 Å². The first-order valence-electron chi connectivity index (χ1n) is 7.26. The third-order valence-electron chi connectivity index (χ3n) is 2.99. The van der Waals surface area contributed by atoms with Crippen molar-refractivity contribution in [1.29, 1.82) is 0 Å². The van der Waals surface area contributed by atoms with E-state index in [0.29, 0.717) is 26.2 Å². The molecule has 0 aliphatic carbocycles. The molecule has 0 rings (SSSR count). The Balaban J connectivity index is 4.15. The van der Waals surface area contributed by atoms with Crippen LogP contribution >= 0.6 is 0 Å². The van der Waals surface area contributed by atoms with E-state index in [9.17, 15) is 4.79 Å². The molecule has 0 fully saturated rings. The molecule has 0 amide bonds. The van der Waals surface area contributed by atoms with Crippen LogP contribution in [0.4, 0.5) is 0 Å². The van der Waals surface area contributed by atoms with Gasteiger partial charge in [0.2, 0.25) is 0 Å². The van der Waals surface area contributed by atoms with Crippen LogP contribution in [0.3, 0.4) is 0 Å². The Morgan fingerprint density at radius 3 is 2.25 bits per heavy atom. The lowest BCUT2D eigenvalue weighted by Crippen LogP contribution is -2.50. The van der Waals surface area contributed by atoms with E-state index in [2.05, 4.69) is 5.32 Å². The second-order valence-electron chi connectivity index (χ2n) is 6.15. The van der Waals surface area contributed by atoms with Crippen LogP contribution in [0, 0.1) is 0 Å². The van der Waals surface area contributed by atoms with Gasteiger partial charge in [0.15, 0.2) is 0 Å². The summed E-state index contributed by atoms with van der Waals surface area (Å²) in [6, 6.07) is 0. The van der Waals surface area contributed by atoms with Crippen LogP contribution in [0.5, 0.6) is 0 Å². The Kier molecular flexibility index (Phi) is 8.32. The maximum Gasteiger partial charge on any atom is 0.326 e. The molecule has 5 nitrogen and oxygen atoms in total. The normalized spacial score (nSPS) is 16.6. The summed E-state index contributed by atoms with van der Waals surface area (Å²) >= 11 is 0. The fourth-order valence-corrected chi connectivity index (χ4v) is 1.81. The Bertz CT molecular complexity index is 288. The van der Waals surface area contributed by atoms with Crippen molar-refractivity contribution in [2.45, 2.75) is 65.2 Å². The minimum absolute atomic E-state index is 0.0552. The smallest absolute Gasteiger partial charge is 0.326 e. The predicted molar refractivity (Wildman–Crippen MR) is 79.8 cm³/mol. The van der Waals surface area contributed by atoms with Crippen molar-refractivity contribution in [3.63, 3.8) is 0 Å². The molecule has 1 N–H and O–H groups in total. The van der Waals surface area contributed by atoms with Crippen LogP contribution in [0.2, 0.25) is 0 Å². The highest BCUT2D eigenvalue weighted by molar-refractivity contribution is 5.80. The second-order valence-corrected chi connectivity index (χ2v) is 6.15. The summed E-state index contributed by atoms with van der Waals surface area (Å²) in [5.74, 6) is -0.246. The van der Waals surface area contributed by atoms with Gasteiger partial charge in [-0.15, -0.1) is 0 Å². The highest BCUT2D eigenvalue weighted by Gasteiger charge is 2.34. The van der Waals surface area contributed by atoms with Crippen molar-refractivity contribution < 1.29 is 19.0 Å². The largest absolute Gasteiger partial charge is 0.465 e. The summed E-state index contributed by atoms with van der Waals surface area (Å²) in [6.45, 7) is 13.1. The molecule has 20 heavy (non-hydrogen) atoms. The molecule has 0 aromatic rings. The van der Waals surface area contributed by atoms with Crippen LogP contribution in [0.1, 0.15) is 48.0 Å². The number of hydrogen-bond donors (Lipinski definition) is 1. The number of hydrogen-bond acceptors (Lipinski definition) is 5. The van der Waals surface area contributed by atoms with Gasteiger partial charge < -0.3 is 19.5 Å². The molecule has 2 atom stereocenters. The topological polar surface area (TPSA) is 56.8 Å². The number of ether oxygens (including phenoxy) is 3. The van der Waals surface area contributed by atoms with Crippen molar-refractivity contribution in [3.8, 4) is 0 Å². The van der Waals surface area contributed by atoms with Gasteiger partial charge in [0, 0.05) is 6.42 Å². The van der Waals surface area contributed by atoms with Gasteiger partial charge in [0.05, 0.1) is 31.5 Å². The number of esters is 1. The van der Waals surface area contributed by atoms with E-state index < -0.39 is 5.54 Å². The Hall–Kier alpha value is -0.650. The van der Waals surface area contributed by atoms with Gasteiger partial charge in [0.1, 0.15) is 5.54 Å². The van der Waals surface area contributed by atoms with Gasteiger partial charge in [0.25, 0.3) is 0 Å². The zero-order chi connectivity index (χ0) is 15.8. The molecule has 0 radical (unpaired) electrons. The molecule has 0 aromatic carbocycles. The minimum Gasteiger partial charge on any atom is -0.465 e. The SMILES string of the molecule is CCOC(=O)C(C)(CC(C)OCCOC(C)(C)C)NC. The third kappa shape index (κ3) is 7.82. The number of carbonyl (C=O) groups excluding carboxylic acids is 1. The molecule has 0 aromatic heterocycles. The average Bonchev–Trinajstić information content (AvgIpc) is 2.33. The second kappa shape index (κ2) is 8.60. The van der Waals surface area contributed by atoms with Crippen molar-refractivity contribution in [2.24, 2.45) is 0 Å². The zero-order valence-electron chi connectivity index (χ0n) is 14.0. The first-order chi connectivity index (χ1) is 9.14. The maximum atomic E-state index is 11.9. The Morgan fingerprint density at radius 2 is 1.80 bits per heavy atom. The summed E-state index contributed by atoms with van der Waals surface area (Å²) in [6.07, 6.45) is 0.498. The number of rotatable bonds is 9. The summed E-state index contributed by atoms with van der Waals surface area (Å²) < 4.78 is 16.4. The first-order valence-corrected chi connectivity index (χ1v) is 7.26. The van der Waals surface area contributed by atoms with Crippen LogP contribution in [0.25, 0.3) is 0 Å². The van der Waals surface area contributed by atoms with E-state index in [1.54, 1.807) is 14.0 Å². The molecule has 0 aliphatic rings. The molecule has 0 aliphatic heterocycles. The zero-order valence-corrected chi connectivity index (χ0v) is 14.0. The quantitative estimate of drug-likeness (QED) is 0.520. The van der Waals surface area contributed by atoms with Crippen molar-refractivity contribution in [3.05, 3.63) is 0 Å². The molecule has 0 saturated heterocycles. The molecule has 0 spiro atoms. The lowest BCUT2D eigenvalue weighted by Gasteiger charge is -2.29. The average molecular weight is 289 g/mol. The lowest BCUT2D eigenvalue weighted by atomic mass is 9.95. The van der Waals surface area contributed by atoms with Gasteiger partial charge in [-0.2, -0.15) is 0 Å². The molecular weight excluding hydrogens is 258 g/mol.